The van der Waals surface area contributed by atoms with Crippen molar-refractivity contribution in [1.82, 2.24) is 15.5 Å². The first kappa shape index (κ1) is 26.0. The monoisotopic (exact) mass is 508 g/mol. The number of carbonyl (C=O) groups is 2. The van der Waals surface area contributed by atoms with Gasteiger partial charge in [0.1, 0.15) is 17.7 Å². The predicted octanol–water partition coefficient (Wildman–Crippen LogP) is 3.49. The fraction of sp³-hybridized carbons (Fsp3) is 0.690. The molecule has 2 unspecified atom stereocenters. The molecule has 6 rings (SSSR count). The summed E-state index contributed by atoms with van der Waals surface area (Å²) in [6.07, 6.45) is 4.64. The van der Waals surface area contributed by atoms with E-state index in [0.717, 1.165) is 37.7 Å². The molecule has 8 nitrogen and oxygen atoms in total. The molecule has 0 aromatic heterocycles. The van der Waals surface area contributed by atoms with Crippen LogP contribution in [0.5, 0.6) is 0 Å². The van der Waals surface area contributed by atoms with Gasteiger partial charge in [0, 0.05) is 24.5 Å². The summed E-state index contributed by atoms with van der Waals surface area (Å²) >= 11 is 0. The van der Waals surface area contributed by atoms with E-state index < -0.39 is 34.8 Å². The van der Waals surface area contributed by atoms with Crippen molar-refractivity contribution in [2.75, 3.05) is 6.54 Å². The van der Waals surface area contributed by atoms with Crippen LogP contribution in [0.15, 0.2) is 30.3 Å². The highest BCUT2D eigenvalue weighted by atomic mass is 16.6. The summed E-state index contributed by atoms with van der Waals surface area (Å²) in [5.74, 6) is 0.479. The van der Waals surface area contributed by atoms with E-state index in [-0.39, 0.29) is 11.9 Å². The number of rotatable bonds is 6. The molecule has 37 heavy (non-hydrogen) atoms. The Morgan fingerprint density at radius 2 is 1.84 bits per heavy atom. The summed E-state index contributed by atoms with van der Waals surface area (Å²) in [6.45, 7) is 6.46. The SMILES string of the molecule is CC(C)(C)OC(=O)N[C@H](C(=O)N1C[C@@H](NCc2ccccc2)C[C@H]1C#N)C12CC3CC(CC(O)(C3)C1)C2. The highest BCUT2D eigenvalue weighted by Crippen LogP contribution is 2.63. The zero-order valence-corrected chi connectivity index (χ0v) is 22.2. The molecular weight excluding hydrogens is 468 g/mol. The van der Waals surface area contributed by atoms with E-state index in [1.807, 2.05) is 30.3 Å². The quantitative estimate of drug-likeness (QED) is 0.542. The Labute approximate surface area is 219 Å². The second-order valence-corrected chi connectivity index (χ2v) is 13.1. The summed E-state index contributed by atoms with van der Waals surface area (Å²) in [7, 11) is 0. The van der Waals surface area contributed by atoms with Crippen LogP contribution in [0.2, 0.25) is 0 Å². The van der Waals surface area contributed by atoms with Crippen molar-refractivity contribution >= 4 is 12.0 Å². The first-order valence-electron chi connectivity index (χ1n) is 13.7. The Hall–Kier alpha value is -2.63. The first-order valence-corrected chi connectivity index (χ1v) is 13.7. The molecule has 4 bridgehead atoms. The van der Waals surface area contributed by atoms with Crippen LogP contribution in [0.1, 0.15) is 71.3 Å². The van der Waals surface area contributed by atoms with Gasteiger partial charge in [0.2, 0.25) is 5.91 Å². The lowest BCUT2D eigenvalue weighted by Crippen LogP contribution is -2.66. The van der Waals surface area contributed by atoms with Crippen LogP contribution in [-0.2, 0) is 16.1 Å². The molecule has 5 fully saturated rings. The highest BCUT2D eigenvalue weighted by molar-refractivity contribution is 5.87. The van der Waals surface area contributed by atoms with Crippen molar-refractivity contribution < 1.29 is 19.4 Å². The number of amides is 2. The van der Waals surface area contributed by atoms with Crippen LogP contribution in [0.3, 0.4) is 0 Å². The summed E-state index contributed by atoms with van der Waals surface area (Å²) in [5, 5.41) is 27.8. The number of nitrogens with zero attached hydrogens (tertiary/aromatic N) is 2. The number of aliphatic hydroxyl groups is 1. The van der Waals surface area contributed by atoms with E-state index in [1.54, 1.807) is 25.7 Å². The van der Waals surface area contributed by atoms with Gasteiger partial charge in [0.05, 0.1) is 11.7 Å². The molecule has 5 atom stereocenters. The van der Waals surface area contributed by atoms with E-state index >= 15 is 0 Å². The predicted molar refractivity (Wildman–Crippen MR) is 138 cm³/mol. The highest BCUT2D eigenvalue weighted by Gasteiger charge is 2.62. The third-order valence-corrected chi connectivity index (χ3v) is 8.77. The van der Waals surface area contributed by atoms with Crippen molar-refractivity contribution in [3.8, 4) is 6.07 Å². The van der Waals surface area contributed by atoms with Crippen molar-refractivity contribution in [2.45, 2.75) is 102 Å². The van der Waals surface area contributed by atoms with Gasteiger partial charge in [-0.25, -0.2) is 4.79 Å². The summed E-state index contributed by atoms with van der Waals surface area (Å²) in [4.78, 5) is 28.9. The lowest BCUT2D eigenvalue weighted by atomic mass is 9.46. The third-order valence-electron chi connectivity index (χ3n) is 8.77. The van der Waals surface area contributed by atoms with E-state index in [2.05, 4.69) is 16.7 Å². The Morgan fingerprint density at radius 1 is 1.16 bits per heavy atom. The minimum Gasteiger partial charge on any atom is -0.444 e. The summed E-state index contributed by atoms with van der Waals surface area (Å²) in [5.41, 5.74) is -0.862. The topological polar surface area (TPSA) is 115 Å². The first-order chi connectivity index (χ1) is 17.5. The Kier molecular flexibility index (Phi) is 6.74. The average molecular weight is 509 g/mol. The molecule has 0 spiro atoms. The Balaban J connectivity index is 1.37. The van der Waals surface area contributed by atoms with Gasteiger partial charge in [-0.15, -0.1) is 0 Å². The van der Waals surface area contributed by atoms with Crippen LogP contribution >= 0.6 is 0 Å². The number of nitrogens with one attached hydrogen (secondary N) is 2. The molecule has 8 heteroatoms. The van der Waals surface area contributed by atoms with Gasteiger partial charge in [-0.1, -0.05) is 30.3 Å². The normalized spacial score (nSPS) is 35.2. The molecule has 3 N–H and O–H groups in total. The van der Waals surface area contributed by atoms with Crippen LogP contribution in [0, 0.1) is 28.6 Å². The number of likely N-dealkylation sites (tertiary alicyclic amines) is 1. The minimum absolute atomic E-state index is 0.0171. The molecular formula is C29H40N4O4. The molecule has 4 saturated carbocycles. The molecule has 5 aliphatic rings. The molecule has 4 aliphatic carbocycles. The second kappa shape index (κ2) is 9.59. The molecule has 0 radical (unpaired) electrons. The number of hydrogen-bond acceptors (Lipinski definition) is 6. The van der Waals surface area contributed by atoms with Crippen LogP contribution in [0.4, 0.5) is 4.79 Å². The van der Waals surface area contributed by atoms with Gasteiger partial charge in [0.15, 0.2) is 0 Å². The fourth-order valence-electron chi connectivity index (χ4n) is 7.90. The summed E-state index contributed by atoms with van der Waals surface area (Å²) in [6, 6.07) is 11.0. The standard InChI is InChI=1S/C29H40N4O4/c1-27(2,3)37-26(35)32-24(28-11-20-9-21(12-28)14-29(36,13-20)18-28)25(34)33-17-22(10-23(33)15-30)31-16-19-7-5-4-6-8-19/h4-8,20-24,31,36H,9-14,16-18H2,1-3H3,(H,32,35)/t20?,21?,22-,23-,24+,28?,29?/m0/s1. The number of hydrogen-bond donors (Lipinski definition) is 3. The van der Waals surface area contributed by atoms with E-state index in [0.29, 0.717) is 37.8 Å². The number of carbonyl (C=O) groups excluding carboxylic acids is 2. The number of nitriles is 1. The maximum absolute atomic E-state index is 14.3. The van der Waals surface area contributed by atoms with Gasteiger partial charge >= 0.3 is 6.09 Å². The average Bonchev–Trinajstić information content (AvgIpc) is 3.22. The molecule has 1 aromatic rings. The Morgan fingerprint density at radius 3 is 2.43 bits per heavy atom. The Bertz CT molecular complexity index is 1050. The molecule has 200 valence electrons. The van der Waals surface area contributed by atoms with Gasteiger partial charge in [-0.2, -0.15) is 5.26 Å². The lowest BCUT2D eigenvalue weighted by Gasteiger charge is -2.62. The van der Waals surface area contributed by atoms with E-state index in [9.17, 15) is 20.0 Å². The summed E-state index contributed by atoms with van der Waals surface area (Å²) < 4.78 is 5.57. The second-order valence-electron chi connectivity index (χ2n) is 13.1. The molecule has 1 aromatic carbocycles. The third kappa shape index (κ3) is 5.49. The van der Waals surface area contributed by atoms with Gasteiger partial charge in [0.25, 0.3) is 0 Å². The van der Waals surface area contributed by atoms with Crippen molar-refractivity contribution in [1.29, 1.82) is 5.26 Å². The maximum atomic E-state index is 14.3. The van der Waals surface area contributed by atoms with Crippen molar-refractivity contribution in [3.63, 3.8) is 0 Å². The van der Waals surface area contributed by atoms with Crippen LogP contribution in [0.25, 0.3) is 0 Å². The van der Waals surface area contributed by atoms with Gasteiger partial charge in [-0.3, -0.25) is 4.79 Å². The van der Waals surface area contributed by atoms with E-state index in [4.69, 9.17) is 4.74 Å². The number of ether oxygens (including phenoxy) is 1. The molecule has 2 amide bonds. The van der Waals surface area contributed by atoms with Crippen LogP contribution in [-0.4, -0.2) is 57.9 Å². The van der Waals surface area contributed by atoms with Gasteiger partial charge in [-0.05, 0) is 83.1 Å². The smallest absolute Gasteiger partial charge is 0.408 e. The van der Waals surface area contributed by atoms with Gasteiger partial charge < -0.3 is 25.4 Å². The largest absolute Gasteiger partial charge is 0.444 e. The van der Waals surface area contributed by atoms with Crippen molar-refractivity contribution in [2.24, 2.45) is 17.3 Å². The molecule has 1 heterocycles. The zero-order valence-electron chi connectivity index (χ0n) is 22.2. The van der Waals surface area contributed by atoms with Crippen molar-refractivity contribution in [3.05, 3.63) is 35.9 Å². The maximum Gasteiger partial charge on any atom is 0.408 e. The zero-order chi connectivity index (χ0) is 26.4. The number of alkyl carbamates (subject to hydrolysis) is 1. The lowest BCUT2D eigenvalue weighted by molar-refractivity contribution is -0.180. The number of benzene rings is 1. The minimum atomic E-state index is -0.830. The van der Waals surface area contributed by atoms with Crippen LogP contribution < -0.4 is 10.6 Å². The fourth-order valence-corrected chi connectivity index (χ4v) is 7.90. The molecule has 1 aliphatic heterocycles. The van der Waals surface area contributed by atoms with E-state index in [1.165, 1.54) is 0 Å². The molecule has 1 saturated heterocycles.